The van der Waals surface area contributed by atoms with Gasteiger partial charge in [-0.1, -0.05) is 61.0 Å². The quantitative estimate of drug-likeness (QED) is 0.265. The van der Waals surface area contributed by atoms with Crippen molar-refractivity contribution < 1.29 is 14.4 Å². The van der Waals surface area contributed by atoms with Crippen LogP contribution in [0.15, 0.2) is 54.6 Å². The molecule has 0 aromatic heterocycles. The molecule has 0 spiro atoms. The Morgan fingerprint density at radius 3 is 1.97 bits per heavy atom. The Morgan fingerprint density at radius 1 is 0.789 bits per heavy atom. The van der Waals surface area contributed by atoms with Gasteiger partial charge in [-0.05, 0) is 68.2 Å². The summed E-state index contributed by atoms with van der Waals surface area (Å²) in [5, 5.41) is 2.44. The molecule has 5 N–H and O–H groups in total. The van der Waals surface area contributed by atoms with Crippen LogP contribution < -0.4 is 16.8 Å². The zero-order chi connectivity index (χ0) is 26.2. The van der Waals surface area contributed by atoms with E-state index in [1.807, 2.05) is 18.2 Å². The van der Waals surface area contributed by atoms with E-state index in [2.05, 4.69) is 41.7 Å². The van der Waals surface area contributed by atoms with E-state index >= 15 is 0 Å². The molecule has 1 atom stereocenters. The highest BCUT2D eigenvalue weighted by Crippen LogP contribution is 2.11. The van der Waals surface area contributed by atoms with Crippen LogP contribution in [0.5, 0.6) is 0 Å². The summed E-state index contributed by atoms with van der Waals surface area (Å²) in [5.74, 6) is -0.784. The first-order valence-corrected chi connectivity index (χ1v) is 13.0. The Hall–Kier alpha value is -2.45. The molecule has 0 fully saturated rings. The number of hydrogen-bond donors (Lipinski definition) is 3. The molecule has 0 heterocycles. The number of carbonyl (C=O) groups is 3. The SMILES string of the molecule is CN(CCCC(=O)NC(=O)Cc1ccc(CCCCc2ccccc2)cc1)C(=O)[C@@H](N)CCCCN.Cl.Cl. The molecule has 3 amide bonds. The molecule has 0 saturated heterocycles. The summed E-state index contributed by atoms with van der Waals surface area (Å²) < 4.78 is 0. The summed E-state index contributed by atoms with van der Waals surface area (Å²) in [5.41, 5.74) is 14.9. The molecule has 0 aliphatic carbocycles. The Balaban J connectivity index is 0.00000684. The summed E-state index contributed by atoms with van der Waals surface area (Å²) in [6, 6.07) is 18.0. The van der Waals surface area contributed by atoms with Crippen LogP contribution in [0, 0.1) is 0 Å². The van der Waals surface area contributed by atoms with E-state index in [1.54, 1.807) is 11.9 Å². The molecule has 0 bridgehead atoms. The monoisotopic (exact) mass is 566 g/mol. The van der Waals surface area contributed by atoms with Gasteiger partial charge in [-0.25, -0.2) is 0 Å². The van der Waals surface area contributed by atoms with Crippen molar-refractivity contribution in [2.45, 2.75) is 70.3 Å². The number of amides is 3. The standard InChI is InChI=1S/C29H42N4O3.2ClH/c1-33(29(36)26(31)14-7-8-20-30)21-9-15-27(34)32-28(35)22-25-18-16-24(17-19-25)13-6-5-12-23-10-3-2-4-11-23;;/h2-4,10-11,16-19,26H,5-9,12-15,20-22,30-31H2,1H3,(H,32,34,35);2*1H/t26-;;/m0../s1. The van der Waals surface area contributed by atoms with Gasteiger partial charge in [0.1, 0.15) is 0 Å². The minimum Gasteiger partial charge on any atom is -0.344 e. The summed E-state index contributed by atoms with van der Waals surface area (Å²) in [6.45, 7) is 1.00. The first-order valence-electron chi connectivity index (χ1n) is 13.0. The van der Waals surface area contributed by atoms with Crippen molar-refractivity contribution >= 4 is 42.5 Å². The van der Waals surface area contributed by atoms with E-state index in [0.717, 1.165) is 44.1 Å². The molecule has 212 valence electrons. The smallest absolute Gasteiger partial charge is 0.239 e. The number of likely N-dealkylation sites (N-methyl/N-ethyl adjacent to an activating group) is 1. The maximum Gasteiger partial charge on any atom is 0.239 e. The highest BCUT2D eigenvalue weighted by molar-refractivity contribution is 5.96. The van der Waals surface area contributed by atoms with Crippen LogP contribution in [0.1, 0.15) is 61.6 Å². The maximum absolute atomic E-state index is 12.3. The third kappa shape index (κ3) is 14.5. The van der Waals surface area contributed by atoms with E-state index in [1.165, 1.54) is 11.1 Å². The molecule has 0 unspecified atom stereocenters. The van der Waals surface area contributed by atoms with Crippen LogP contribution in [-0.2, 0) is 33.6 Å². The minimum atomic E-state index is -0.544. The second-order valence-corrected chi connectivity index (χ2v) is 9.41. The minimum absolute atomic E-state index is 0. The Labute approximate surface area is 239 Å². The summed E-state index contributed by atoms with van der Waals surface area (Å²) >= 11 is 0. The zero-order valence-electron chi connectivity index (χ0n) is 22.4. The highest BCUT2D eigenvalue weighted by atomic mass is 35.5. The topological polar surface area (TPSA) is 119 Å². The lowest BCUT2D eigenvalue weighted by Gasteiger charge is -2.21. The van der Waals surface area contributed by atoms with Crippen molar-refractivity contribution in [3.8, 4) is 0 Å². The van der Waals surface area contributed by atoms with E-state index in [4.69, 9.17) is 11.5 Å². The molecule has 7 nitrogen and oxygen atoms in total. The van der Waals surface area contributed by atoms with Crippen LogP contribution >= 0.6 is 24.8 Å². The molecule has 0 radical (unpaired) electrons. The van der Waals surface area contributed by atoms with Crippen molar-refractivity contribution in [2.75, 3.05) is 20.1 Å². The molecule has 2 rings (SSSR count). The molecule has 0 aliphatic rings. The number of nitrogens with two attached hydrogens (primary N) is 2. The van der Waals surface area contributed by atoms with Crippen molar-refractivity contribution in [3.05, 3.63) is 71.3 Å². The fourth-order valence-corrected chi connectivity index (χ4v) is 4.08. The van der Waals surface area contributed by atoms with Crippen molar-refractivity contribution in [3.63, 3.8) is 0 Å². The van der Waals surface area contributed by atoms with Gasteiger partial charge in [-0.2, -0.15) is 0 Å². The fourth-order valence-electron chi connectivity index (χ4n) is 4.08. The van der Waals surface area contributed by atoms with Crippen molar-refractivity contribution in [1.82, 2.24) is 10.2 Å². The van der Waals surface area contributed by atoms with E-state index in [-0.39, 0.29) is 55.4 Å². The van der Waals surface area contributed by atoms with Crippen LogP contribution in [0.3, 0.4) is 0 Å². The Morgan fingerprint density at radius 2 is 1.37 bits per heavy atom. The molecule has 0 saturated carbocycles. The van der Waals surface area contributed by atoms with Gasteiger partial charge in [-0.3, -0.25) is 19.7 Å². The Bertz CT molecular complexity index is 943. The van der Waals surface area contributed by atoms with E-state index in [9.17, 15) is 14.4 Å². The molecular formula is C29H44Cl2N4O3. The Kier molecular flexibility index (Phi) is 19.2. The molecule has 9 heteroatoms. The summed E-state index contributed by atoms with van der Waals surface area (Å²) in [7, 11) is 1.68. The fraction of sp³-hybridized carbons (Fsp3) is 0.483. The maximum atomic E-state index is 12.3. The third-order valence-electron chi connectivity index (χ3n) is 6.25. The van der Waals surface area contributed by atoms with Gasteiger partial charge in [0, 0.05) is 20.0 Å². The lowest BCUT2D eigenvalue weighted by molar-refractivity contribution is -0.133. The number of benzene rings is 2. The molecule has 38 heavy (non-hydrogen) atoms. The lowest BCUT2D eigenvalue weighted by Crippen LogP contribution is -2.42. The number of hydrogen-bond acceptors (Lipinski definition) is 5. The van der Waals surface area contributed by atoms with Gasteiger partial charge < -0.3 is 16.4 Å². The summed E-state index contributed by atoms with van der Waals surface area (Å²) in [6.07, 6.45) is 7.42. The number of carbonyl (C=O) groups excluding carboxylic acids is 3. The summed E-state index contributed by atoms with van der Waals surface area (Å²) in [4.78, 5) is 38.2. The predicted molar refractivity (Wildman–Crippen MR) is 159 cm³/mol. The van der Waals surface area contributed by atoms with Gasteiger partial charge in [0.2, 0.25) is 17.7 Å². The molecule has 2 aromatic carbocycles. The molecular weight excluding hydrogens is 523 g/mol. The van der Waals surface area contributed by atoms with Crippen molar-refractivity contribution in [1.29, 1.82) is 0 Å². The van der Waals surface area contributed by atoms with Gasteiger partial charge >= 0.3 is 0 Å². The zero-order valence-corrected chi connectivity index (χ0v) is 24.0. The van der Waals surface area contributed by atoms with Gasteiger partial charge in [0.15, 0.2) is 0 Å². The first kappa shape index (κ1) is 35.5. The number of unbranched alkanes of at least 4 members (excludes halogenated alkanes) is 2. The molecule has 0 aliphatic heterocycles. The predicted octanol–water partition coefficient (Wildman–Crippen LogP) is 3.98. The number of rotatable bonds is 16. The van der Waals surface area contributed by atoms with Gasteiger partial charge in [0.25, 0.3) is 0 Å². The number of aryl methyl sites for hydroxylation is 2. The van der Waals surface area contributed by atoms with E-state index < -0.39 is 6.04 Å². The van der Waals surface area contributed by atoms with Crippen molar-refractivity contribution in [2.24, 2.45) is 11.5 Å². The normalized spacial score (nSPS) is 11.0. The highest BCUT2D eigenvalue weighted by Gasteiger charge is 2.18. The van der Waals surface area contributed by atoms with Crippen LogP contribution in [0.4, 0.5) is 0 Å². The molecule has 2 aromatic rings. The second kappa shape index (κ2) is 20.5. The number of nitrogens with zero attached hydrogens (tertiary/aromatic N) is 1. The van der Waals surface area contributed by atoms with Crippen LogP contribution in [-0.4, -0.2) is 48.8 Å². The number of nitrogens with one attached hydrogen (secondary N) is 1. The lowest BCUT2D eigenvalue weighted by atomic mass is 10.0. The van der Waals surface area contributed by atoms with Gasteiger partial charge in [0.05, 0.1) is 12.5 Å². The average molecular weight is 568 g/mol. The number of halogens is 2. The largest absolute Gasteiger partial charge is 0.344 e. The number of imide groups is 1. The third-order valence-corrected chi connectivity index (χ3v) is 6.25. The van der Waals surface area contributed by atoms with Gasteiger partial charge in [-0.15, -0.1) is 24.8 Å². The first-order chi connectivity index (χ1) is 17.4. The average Bonchev–Trinajstić information content (AvgIpc) is 2.87. The van der Waals surface area contributed by atoms with E-state index in [0.29, 0.717) is 25.9 Å². The van der Waals surface area contributed by atoms with Crippen LogP contribution in [0.25, 0.3) is 0 Å². The van der Waals surface area contributed by atoms with Crippen LogP contribution in [0.2, 0.25) is 0 Å². The second-order valence-electron chi connectivity index (χ2n) is 9.41.